The first-order valence-electron chi connectivity index (χ1n) is 14.5. The molecule has 0 aliphatic heterocycles. The normalized spacial score (nSPS) is 14.7. The van der Waals surface area contributed by atoms with E-state index in [1.165, 1.54) is 15.6 Å². The third kappa shape index (κ3) is 7.81. The molecule has 1 atom stereocenters. The van der Waals surface area contributed by atoms with Crippen molar-refractivity contribution in [2.45, 2.75) is 83.3 Å². The summed E-state index contributed by atoms with van der Waals surface area (Å²) < 4.78 is 30.3. The second kappa shape index (κ2) is 13.9. The summed E-state index contributed by atoms with van der Waals surface area (Å²) in [7, 11) is -4.11. The van der Waals surface area contributed by atoms with Crippen LogP contribution in [0.5, 0.6) is 0 Å². The van der Waals surface area contributed by atoms with Gasteiger partial charge in [0.05, 0.1) is 10.6 Å². The van der Waals surface area contributed by atoms with Gasteiger partial charge in [-0.05, 0) is 87.6 Å². The number of sulfonamides is 1. The van der Waals surface area contributed by atoms with Crippen molar-refractivity contribution >= 4 is 43.5 Å². The van der Waals surface area contributed by atoms with Gasteiger partial charge in [0, 0.05) is 17.1 Å². The van der Waals surface area contributed by atoms with Crippen LogP contribution in [0.1, 0.15) is 61.3 Å². The molecule has 9 heteroatoms. The zero-order valence-electron chi connectivity index (χ0n) is 24.8. The molecule has 4 rings (SSSR count). The molecule has 1 N–H and O–H groups in total. The summed E-state index contributed by atoms with van der Waals surface area (Å²) in [5, 5.41) is 3.14. The number of benzene rings is 3. The van der Waals surface area contributed by atoms with Crippen molar-refractivity contribution in [1.29, 1.82) is 0 Å². The monoisotopic (exact) mass is 653 g/mol. The molecule has 42 heavy (non-hydrogen) atoms. The highest BCUT2D eigenvalue weighted by Crippen LogP contribution is 2.29. The van der Waals surface area contributed by atoms with Crippen molar-refractivity contribution in [3.63, 3.8) is 0 Å². The summed E-state index contributed by atoms with van der Waals surface area (Å²) in [5.41, 5.74) is 3.81. The molecule has 1 aliphatic rings. The predicted molar refractivity (Wildman–Crippen MR) is 171 cm³/mol. The molecule has 1 fully saturated rings. The van der Waals surface area contributed by atoms with Gasteiger partial charge in [0.25, 0.3) is 10.0 Å². The topological polar surface area (TPSA) is 86.8 Å². The molecule has 0 aromatic heterocycles. The Bertz CT molecular complexity index is 1500. The number of carbonyl (C=O) groups excluding carboxylic acids is 2. The van der Waals surface area contributed by atoms with Crippen LogP contribution < -0.4 is 9.62 Å². The number of hydrogen-bond acceptors (Lipinski definition) is 4. The first-order valence-corrected chi connectivity index (χ1v) is 16.7. The van der Waals surface area contributed by atoms with Crippen LogP contribution in [0, 0.1) is 20.8 Å². The molecule has 1 aliphatic carbocycles. The first-order chi connectivity index (χ1) is 20.0. The Labute approximate surface area is 258 Å². The van der Waals surface area contributed by atoms with Crippen LogP contribution in [0.15, 0.2) is 76.1 Å². The molecule has 0 radical (unpaired) electrons. The van der Waals surface area contributed by atoms with E-state index in [1.54, 1.807) is 37.3 Å². The molecule has 0 bridgehead atoms. The van der Waals surface area contributed by atoms with E-state index in [9.17, 15) is 18.0 Å². The van der Waals surface area contributed by atoms with Crippen LogP contribution in [0.4, 0.5) is 5.69 Å². The third-order valence-electron chi connectivity index (χ3n) is 7.91. The summed E-state index contributed by atoms with van der Waals surface area (Å²) in [6.45, 7) is 7.04. The van der Waals surface area contributed by atoms with Gasteiger partial charge in [-0.1, -0.05) is 77.2 Å². The Morgan fingerprint density at radius 1 is 0.905 bits per heavy atom. The van der Waals surface area contributed by atoms with Gasteiger partial charge in [0.15, 0.2) is 0 Å². The van der Waals surface area contributed by atoms with Gasteiger partial charge in [-0.3, -0.25) is 13.9 Å². The summed E-state index contributed by atoms with van der Waals surface area (Å²) in [5.74, 6) is -0.687. The molecule has 1 saturated carbocycles. The van der Waals surface area contributed by atoms with E-state index in [0.29, 0.717) is 5.69 Å². The van der Waals surface area contributed by atoms with E-state index in [2.05, 4.69) is 21.2 Å². The zero-order valence-corrected chi connectivity index (χ0v) is 27.2. The summed E-state index contributed by atoms with van der Waals surface area (Å²) >= 11 is 3.45. The first kappa shape index (κ1) is 31.8. The number of carbonyl (C=O) groups is 2. The molecule has 7 nitrogen and oxygen atoms in total. The number of halogens is 1. The number of aryl methyl sites for hydroxylation is 3. The van der Waals surface area contributed by atoms with Gasteiger partial charge in [0.1, 0.15) is 12.6 Å². The van der Waals surface area contributed by atoms with E-state index in [0.717, 1.165) is 52.4 Å². The van der Waals surface area contributed by atoms with Crippen LogP contribution in [0.2, 0.25) is 0 Å². The van der Waals surface area contributed by atoms with Crippen molar-refractivity contribution in [3.8, 4) is 0 Å². The summed E-state index contributed by atoms with van der Waals surface area (Å²) in [4.78, 5) is 29.2. The minimum Gasteiger partial charge on any atom is -0.352 e. The lowest BCUT2D eigenvalue weighted by Gasteiger charge is -2.33. The van der Waals surface area contributed by atoms with Crippen molar-refractivity contribution in [3.05, 3.63) is 93.5 Å². The maximum atomic E-state index is 14.2. The standard InChI is InChI=1S/C33H40BrN3O4S/c1-23-11-18-30(19-12-23)42(40,41)37(31-20-24(2)10-13-25(31)3)22-32(38)36(21-27-14-16-28(34)17-15-27)26(4)33(39)35-29-8-6-5-7-9-29/h10-20,26,29H,5-9,21-22H2,1-4H3,(H,35,39)/t26-/m0/s1. The minimum atomic E-state index is -4.11. The Morgan fingerprint density at radius 3 is 2.17 bits per heavy atom. The number of rotatable bonds is 10. The Morgan fingerprint density at radius 2 is 1.52 bits per heavy atom. The van der Waals surface area contributed by atoms with Crippen LogP contribution in [-0.2, 0) is 26.2 Å². The molecule has 0 heterocycles. The highest BCUT2D eigenvalue weighted by molar-refractivity contribution is 9.10. The largest absolute Gasteiger partial charge is 0.352 e. The molecule has 0 spiro atoms. The SMILES string of the molecule is Cc1ccc(S(=O)(=O)N(CC(=O)N(Cc2ccc(Br)cc2)[C@@H](C)C(=O)NC2CCCCC2)c2cc(C)ccc2C)cc1. The van der Waals surface area contributed by atoms with Crippen molar-refractivity contribution < 1.29 is 18.0 Å². The van der Waals surface area contributed by atoms with Crippen molar-refractivity contribution in [2.75, 3.05) is 10.8 Å². The molecule has 0 saturated heterocycles. The van der Waals surface area contributed by atoms with Gasteiger partial charge in [0.2, 0.25) is 11.8 Å². The fourth-order valence-electron chi connectivity index (χ4n) is 5.28. The average molecular weight is 655 g/mol. The lowest BCUT2D eigenvalue weighted by molar-refractivity contribution is -0.139. The van der Waals surface area contributed by atoms with E-state index < -0.39 is 28.5 Å². The Balaban J connectivity index is 1.70. The fraction of sp³-hybridized carbons (Fsp3) is 0.394. The van der Waals surface area contributed by atoms with Crippen LogP contribution in [0.25, 0.3) is 0 Å². The smallest absolute Gasteiger partial charge is 0.264 e. The van der Waals surface area contributed by atoms with E-state index in [4.69, 9.17) is 0 Å². The Hall–Kier alpha value is -3.17. The summed E-state index contributed by atoms with van der Waals surface area (Å²) in [6, 6.07) is 19.0. The molecule has 0 unspecified atom stereocenters. The molecule has 3 aromatic rings. The summed E-state index contributed by atoms with van der Waals surface area (Å²) in [6.07, 6.45) is 5.16. The lowest BCUT2D eigenvalue weighted by atomic mass is 9.95. The predicted octanol–water partition coefficient (Wildman–Crippen LogP) is 6.44. The molecule has 2 amide bonds. The van der Waals surface area contributed by atoms with E-state index in [-0.39, 0.29) is 23.4 Å². The zero-order chi connectivity index (χ0) is 30.4. The van der Waals surface area contributed by atoms with Crippen LogP contribution in [0.3, 0.4) is 0 Å². The Kier molecular flexibility index (Phi) is 10.5. The number of nitrogens with zero attached hydrogens (tertiary/aromatic N) is 2. The quantitative estimate of drug-likeness (QED) is 0.273. The minimum absolute atomic E-state index is 0.0895. The van der Waals surface area contributed by atoms with Gasteiger partial charge >= 0.3 is 0 Å². The van der Waals surface area contributed by atoms with Gasteiger partial charge in [-0.25, -0.2) is 8.42 Å². The van der Waals surface area contributed by atoms with Crippen molar-refractivity contribution in [2.24, 2.45) is 0 Å². The van der Waals surface area contributed by atoms with Gasteiger partial charge in [-0.15, -0.1) is 0 Å². The maximum absolute atomic E-state index is 14.2. The second-order valence-electron chi connectivity index (χ2n) is 11.3. The second-order valence-corrected chi connectivity index (χ2v) is 14.1. The number of hydrogen-bond donors (Lipinski definition) is 1. The van der Waals surface area contributed by atoms with E-state index in [1.807, 2.05) is 57.2 Å². The van der Waals surface area contributed by atoms with Crippen molar-refractivity contribution in [1.82, 2.24) is 10.2 Å². The highest BCUT2D eigenvalue weighted by Gasteiger charge is 2.33. The van der Waals surface area contributed by atoms with Gasteiger partial charge in [-0.2, -0.15) is 0 Å². The lowest BCUT2D eigenvalue weighted by Crippen LogP contribution is -2.53. The number of nitrogens with one attached hydrogen (secondary N) is 1. The third-order valence-corrected chi connectivity index (χ3v) is 10.2. The number of amides is 2. The average Bonchev–Trinajstić information content (AvgIpc) is 2.97. The highest BCUT2D eigenvalue weighted by atomic mass is 79.9. The van der Waals surface area contributed by atoms with Crippen LogP contribution in [-0.4, -0.2) is 43.8 Å². The van der Waals surface area contributed by atoms with Gasteiger partial charge < -0.3 is 10.2 Å². The molecule has 3 aromatic carbocycles. The molecular weight excluding hydrogens is 614 g/mol. The molecular formula is C33H40BrN3O4S. The van der Waals surface area contributed by atoms with Crippen LogP contribution >= 0.6 is 15.9 Å². The number of anilines is 1. The maximum Gasteiger partial charge on any atom is 0.264 e. The van der Waals surface area contributed by atoms with E-state index >= 15 is 0 Å². The fourth-order valence-corrected chi connectivity index (χ4v) is 7.01. The molecule has 224 valence electrons.